The summed E-state index contributed by atoms with van der Waals surface area (Å²) in [5.74, 6) is -0.427. The molecule has 0 unspecified atom stereocenters. The number of ether oxygens (including phenoxy) is 1. The second-order valence-electron chi connectivity index (χ2n) is 7.75. The molecule has 0 saturated carbocycles. The lowest BCUT2D eigenvalue weighted by atomic mass is 9.85. The van der Waals surface area contributed by atoms with Crippen molar-refractivity contribution in [2.75, 3.05) is 0 Å². The number of aromatic nitrogens is 2. The Morgan fingerprint density at radius 1 is 1.04 bits per heavy atom. The monoisotopic (exact) mass is 368 g/mol. The molecule has 0 radical (unpaired) electrons. The molecule has 0 aliphatic rings. The van der Waals surface area contributed by atoms with Gasteiger partial charge >= 0.3 is 5.97 Å². The van der Waals surface area contributed by atoms with Crippen LogP contribution in [-0.2, 0) is 4.74 Å². The molecule has 142 valence electrons. The van der Waals surface area contributed by atoms with Gasteiger partial charge in [0.2, 0.25) is 0 Å². The summed E-state index contributed by atoms with van der Waals surface area (Å²) >= 11 is 5.71. The van der Waals surface area contributed by atoms with E-state index in [1.807, 2.05) is 0 Å². The van der Waals surface area contributed by atoms with E-state index in [4.69, 9.17) is 16.3 Å². The predicted octanol–water partition coefficient (Wildman–Crippen LogP) is 6.23. The molecule has 1 rings (SSSR count). The number of esters is 1. The molecule has 0 fully saturated rings. The van der Waals surface area contributed by atoms with Gasteiger partial charge in [-0.1, -0.05) is 84.2 Å². The number of carbonyl (C=O) groups is 1. The minimum absolute atomic E-state index is 0.101. The van der Waals surface area contributed by atoms with E-state index in [9.17, 15) is 4.79 Å². The van der Waals surface area contributed by atoms with E-state index in [1.165, 1.54) is 57.3 Å². The average Bonchev–Trinajstić information content (AvgIpc) is 2.55. The van der Waals surface area contributed by atoms with Crippen LogP contribution in [-0.4, -0.2) is 22.0 Å². The molecule has 0 bridgehead atoms. The molecular formula is C20H33ClN2O2. The molecule has 0 saturated heterocycles. The van der Waals surface area contributed by atoms with Gasteiger partial charge in [-0.3, -0.25) is 0 Å². The third kappa shape index (κ3) is 9.20. The summed E-state index contributed by atoms with van der Waals surface area (Å²) in [5, 5.41) is 0.267. The van der Waals surface area contributed by atoms with Gasteiger partial charge in [0.25, 0.3) is 0 Å². The molecule has 4 nitrogen and oxygen atoms in total. The SMILES string of the molecule is CCCCCCCCCC[C@@H](OC(=O)c1cnc(Cl)cn1)C(C)(C)C. The first-order valence-corrected chi connectivity index (χ1v) is 9.91. The first-order chi connectivity index (χ1) is 11.8. The zero-order chi connectivity index (χ0) is 18.7. The Kier molecular flexibility index (Phi) is 10.0. The van der Waals surface area contributed by atoms with Crippen molar-refractivity contribution in [2.45, 2.75) is 91.6 Å². The number of rotatable bonds is 11. The fourth-order valence-electron chi connectivity index (χ4n) is 2.74. The fraction of sp³-hybridized carbons (Fsp3) is 0.750. The minimum Gasteiger partial charge on any atom is -0.457 e. The highest BCUT2D eigenvalue weighted by molar-refractivity contribution is 6.29. The third-order valence-electron chi connectivity index (χ3n) is 4.36. The maximum atomic E-state index is 12.3. The quantitative estimate of drug-likeness (QED) is 0.343. The largest absolute Gasteiger partial charge is 0.457 e. The maximum Gasteiger partial charge on any atom is 0.358 e. The van der Waals surface area contributed by atoms with Gasteiger partial charge in [0.1, 0.15) is 11.3 Å². The Morgan fingerprint density at radius 3 is 2.16 bits per heavy atom. The van der Waals surface area contributed by atoms with Crippen LogP contribution < -0.4 is 0 Å². The Bertz CT molecular complexity index is 497. The topological polar surface area (TPSA) is 52.1 Å². The lowest BCUT2D eigenvalue weighted by molar-refractivity contribution is -0.00752. The fourth-order valence-corrected chi connectivity index (χ4v) is 2.84. The van der Waals surface area contributed by atoms with Crippen LogP contribution in [0.5, 0.6) is 0 Å². The predicted molar refractivity (Wildman–Crippen MR) is 103 cm³/mol. The van der Waals surface area contributed by atoms with Crippen molar-refractivity contribution >= 4 is 17.6 Å². The van der Waals surface area contributed by atoms with Crippen LogP contribution in [0, 0.1) is 5.41 Å². The zero-order valence-corrected chi connectivity index (χ0v) is 16.9. The first kappa shape index (κ1) is 21.9. The van der Waals surface area contributed by atoms with Gasteiger partial charge in [-0.05, 0) is 18.3 Å². The smallest absolute Gasteiger partial charge is 0.358 e. The van der Waals surface area contributed by atoms with Crippen LogP contribution in [0.2, 0.25) is 5.15 Å². The summed E-state index contributed by atoms with van der Waals surface area (Å²) in [7, 11) is 0. The second kappa shape index (κ2) is 11.5. The van der Waals surface area contributed by atoms with E-state index < -0.39 is 5.97 Å². The molecule has 0 N–H and O–H groups in total. The molecular weight excluding hydrogens is 336 g/mol. The van der Waals surface area contributed by atoms with Gasteiger partial charge < -0.3 is 4.74 Å². The molecule has 0 aromatic carbocycles. The van der Waals surface area contributed by atoms with Crippen LogP contribution >= 0.6 is 11.6 Å². The molecule has 0 aliphatic heterocycles. The summed E-state index contributed by atoms with van der Waals surface area (Å²) < 4.78 is 5.72. The van der Waals surface area contributed by atoms with Crippen LogP contribution in [0.1, 0.15) is 96.0 Å². The summed E-state index contributed by atoms with van der Waals surface area (Å²) in [6.07, 6.45) is 13.6. The van der Waals surface area contributed by atoms with Gasteiger partial charge in [-0.25, -0.2) is 14.8 Å². The summed E-state index contributed by atoms with van der Waals surface area (Å²) in [5.41, 5.74) is 0.103. The van der Waals surface area contributed by atoms with Gasteiger partial charge in [-0.15, -0.1) is 0 Å². The van der Waals surface area contributed by atoms with E-state index in [0.717, 1.165) is 12.8 Å². The standard InChI is InChI=1S/C20H33ClN2O2/c1-5-6-7-8-9-10-11-12-13-17(20(2,3)4)25-19(24)16-14-23-18(21)15-22-16/h14-15,17H,5-13H2,1-4H3/t17-/m1/s1. The normalized spacial score (nSPS) is 12.8. The Hall–Kier alpha value is -1.16. The average molecular weight is 369 g/mol. The molecule has 1 aromatic rings. The molecule has 0 spiro atoms. The van der Waals surface area contributed by atoms with E-state index in [1.54, 1.807) is 0 Å². The summed E-state index contributed by atoms with van der Waals surface area (Å²) in [4.78, 5) is 20.2. The van der Waals surface area contributed by atoms with Crippen molar-refractivity contribution in [3.8, 4) is 0 Å². The number of hydrogen-bond acceptors (Lipinski definition) is 4. The van der Waals surface area contributed by atoms with Gasteiger partial charge in [0.05, 0.1) is 12.4 Å². The van der Waals surface area contributed by atoms with Crippen molar-refractivity contribution in [1.29, 1.82) is 0 Å². The lowest BCUT2D eigenvalue weighted by Gasteiger charge is -2.30. The summed E-state index contributed by atoms with van der Waals surface area (Å²) in [6, 6.07) is 0. The molecule has 1 heterocycles. The van der Waals surface area contributed by atoms with E-state index in [0.29, 0.717) is 0 Å². The van der Waals surface area contributed by atoms with Crippen molar-refractivity contribution < 1.29 is 9.53 Å². The first-order valence-electron chi connectivity index (χ1n) is 9.53. The number of unbranched alkanes of at least 4 members (excludes halogenated alkanes) is 7. The third-order valence-corrected chi connectivity index (χ3v) is 4.56. The van der Waals surface area contributed by atoms with E-state index in [2.05, 4.69) is 37.7 Å². The van der Waals surface area contributed by atoms with Crippen LogP contribution in [0.15, 0.2) is 12.4 Å². The van der Waals surface area contributed by atoms with Gasteiger partial charge in [-0.2, -0.15) is 0 Å². The number of halogens is 1. The van der Waals surface area contributed by atoms with Crippen molar-refractivity contribution in [2.24, 2.45) is 5.41 Å². The van der Waals surface area contributed by atoms with Crippen LogP contribution in [0.25, 0.3) is 0 Å². The highest BCUT2D eigenvalue weighted by Crippen LogP contribution is 2.27. The van der Waals surface area contributed by atoms with Crippen LogP contribution in [0.3, 0.4) is 0 Å². The zero-order valence-electron chi connectivity index (χ0n) is 16.2. The number of hydrogen-bond donors (Lipinski definition) is 0. The second-order valence-corrected chi connectivity index (χ2v) is 8.14. The number of carbonyl (C=O) groups excluding carboxylic acids is 1. The Balaban J connectivity index is 2.39. The number of nitrogens with zero attached hydrogens (tertiary/aromatic N) is 2. The van der Waals surface area contributed by atoms with Crippen molar-refractivity contribution in [1.82, 2.24) is 9.97 Å². The molecule has 5 heteroatoms. The van der Waals surface area contributed by atoms with Gasteiger partial charge in [0.15, 0.2) is 5.69 Å². The molecule has 0 amide bonds. The maximum absolute atomic E-state index is 12.3. The van der Waals surface area contributed by atoms with E-state index in [-0.39, 0.29) is 22.4 Å². The Morgan fingerprint density at radius 2 is 1.64 bits per heavy atom. The molecule has 1 atom stereocenters. The minimum atomic E-state index is -0.427. The highest BCUT2D eigenvalue weighted by atomic mass is 35.5. The van der Waals surface area contributed by atoms with E-state index >= 15 is 0 Å². The van der Waals surface area contributed by atoms with Crippen molar-refractivity contribution in [3.63, 3.8) is 0 Å². The highest BCUT2D eigenvalue weighted by Gasteiger charge is 2.28. The summed E-state index contributed by atoms with van der Waals surface area (Å²) in [6.45, 7) is 8.54. The Labute approximate surface area is 157 Å². The molecule has 0 aliphatic carbocycles. The molecule has 1 aromatic heterocycles. The van der Waals surface area contributed by atoms with Crippen LogP contribution in [0.4, 0.5) is 0 Å². The van der Waals surface area contributed by atoms with Gasteiger partial charge in [0, 0.05) is 0 Å². The van der Waals surface area contributed by atoms with Crippen molar-refractivity contribution in [3.05, 3.63) is 23.2 Å². The lowest BCUT2D eigenvalue weighted by Crippen LogP contribution is -2.32. The molecule has 25 heavy (non-hydrogen) atoms.